The molecule has 0 radical (unpaired) electrons. The van der Waals surface area contributed by atoms with Crippen molar-refractivity contribution < 1.29 is 9.85 Å². The summed E-state index contributed by atoms with van der Waals surface area (Å²) in [6.45, 7) is 0. The monoisotopic (exact) mass is 292 g/mol. The third kappa shape index (κ3) is 1.49. The van der Waals surface area contributed by atoms with E-state index in [1.165, 1.54) is 6.07 Å². The first kappa shape index (κ1) is 12.5. The number of nitro benzene ring substituents is 2. The summed E-state index contributed by atoms with van der Waals surface area (Å²) in [7, 11) is 0. The van der Waals surface area contributed by atoms with Crippen molar-refractivity contribution in [3.63, 3.8) is 0 Å². The van der Waals surface area contributed by atoms with Gasteiger partial charge in [-0.2, -0.15) is 0 Å². The average molecular weight is 292 g/mol. The van der Waals surface area contributed by atoms with Crippen molar-refractivity contribution in [2.45, 2.75) is 0 Å². The van der Waals surface area contributed by atoms with E-state index in [1.54, 1.807) is 18.2 Å². The van der Waals surface area contributed by atoms with Crippen molar-refractivity contribution in [1.82, 2.24) is 0 Å². The first-order chi connectivity index (χ1) is 10.6. The Morgan fingerprint density at radius 3 is 2.00 bits per heavy atom. The molecule has 0 amide bonds. The molecule has 0 N–H and O–H groups in total. The van der Waals surface area contributed by atoms with Crippen LogP contribution in [0.5, 0.6) is 0 Å². The molecule has 0 aliphatic rings. The van der Waals surface area contributed by atoms with Crippen LogP contribution in [-0.2, 0) is 0 Å². The van der Waals surface area contributed by atoms with Crippen molar-refractivity contribution in [2.75, 3.05) is 0 Å². The summed E-state index contributed by atoms with van der Waals surface area (Å²) in [4.78, 5) is 21.2. The molecular weight excluding hydrogens is 284 g/mol. The molecule has 0 fully saturated rings. The van der Waals surface area contributed by atoms with Crippen LogP contribution in [0.4, 0.5) is 11.4 Å². The Morgan fingerprint density at radius 1 is 0.727 bits per heavy atom. The van der Waals surface area contributed by atoms with Crippen molar-refractivity contribution in [2.24, 2.45) is 0 Å². The maximum atomic E-state index is 11.4. The molecular formula is C16H8N2O4. The van der Waals surface area contributed by atoms with E-state index in [0.717, 1.165) is 16.2 Å². The molecule has 0 unspecified atom stereocenters. The van der Waals surface area contributed by atoms with Gasteiger partial charge in [-0.1, -0.05) is 36.4 Å². The van der Waals surface area contributed by atoms with E-state index >= 15 is 0 Å². The minimum absolute atomic E-state index is 0.304. The highest BCUT2D eigenvalue weighted by molar-refractivity contribution is 6.25. The second-order valence-corrected chi connectivity index (χ2v) is 5.11. The second kappa shape index (κ2) is 4.11. The van der Waals surface area contributed by atoms with Crippen LogP contribution in [0.3, 0.4) is 0 Å². The van der Waals surface area contributed by atoms with Crippen LogP contribution in [0.15, 0.2) is 48.5 Å². The van der Waals surface area contributed by atoms with Gasteiger partial charge in [-0.3, -0.25) is 20.2 Å². The van der Waals surface area contributed by atoms with E-state index < -0.39 is 21.2 Å². The van der Waals surface area contributed by atoms with E-state index in [2.05, 4.69) is 0 Å². The standard InChI is InChI=1S/C16H8N2O4/c19-17(20)13-8-11-5-4-9-2-1-3-10-6-7-12(15(11)14(9)10)16(13)18(21)22/h1-8H. The Balaban J connectivity index is 2.36. The molecule has 6 nitrogen and oxygen atoms in total. The highest BCUT2D eigenvalue weighted by Crippen LogP contribution is 2.43. The van der Waals surface area contributed by atoms with Crippen molar-refractivity contribution in [3.8, 4) is 0 Å². The maximum absolute atomic E-state index is 11.4. The normalized spacial score (nSPS) is 11.5. The molecule has 0 aliphatic carbocycles. The molecule has 0 saturated carbocycles. The van der Waals surface area contributed by atoms with Gasteiger partial charge < -0.3 is 0 Å². The molecule has 4 rings (SSSR count). The zero-order chi connectivity index (χ0) is 15.4. The summed E-state index contributed by atoms with van der Waals surface area (Å²) in [5.74, 6) is 0. The van der Waals surface area contributed by atoms with Gasteiger partial charge in [0.15, 0.2) is 0 Å². The molecule has 0 aromatic heterocycles. The van der Waals surface area contributed by atoms with E-state index in [-0.39, 0.29) is 0 Å². The van der Waals surface area contributed by atoms with Gasteiger partial charge in [0.25, 0.3) is 0 Å². The molecule has 106 valence electrons. The lowest BCUT2D eigenvalue weighted by atomic mass is 9.93. The quantitative estimate of drug-likeness (QED) is 0.311. The molecule has 6 heteroatoms. The Kier molecular flexibility index (Phi) is 2.33. The lowest BCUT2D eigenvalue weighted by molar-refractivity contribution is -0.421. The third-order valence-electron chi connectivity index (χ3n) is 3.98. The van der Waals surface area contributed by atoms with E-state index in [4.69, 9.17) is 0 Å². The Hall–Kier alpha value is -3.28. The first-order valence-electron chi connectivity index (χ1n) is 6.57. The number of benzene rings is 4. The highest BCUT2D eigenvalue weighted by Gasteiger charge is 2.29. The number of nitrogens with zero attached hydrogens (tertiary/aromatic N) is 2. The largest absolute Gasteiger partial charge is 0.353 e. The summed E-state index contributed by atoms with van der Waals surface area (Å²) in [5, 5.41) is 27.0. The minimum atomic E-state index is -0.702. The Bertz CT molecular complexity index is 1070. The third-order valence-corrected chi connectivity index (χ3v) is 3.98. The lowest BCUT2D eigenvalue weighted by Crippen LogP contribution is -1.98. The van der Waals surface area contributed by atoms with Crippen LogP contribution in [0.2, 0.25) is 0 Å². The number of hydrogen-bond donors (Lipinski definition) is 0. The fourth-order valence-electron chi connectivity index (χ4n) is 3.11. The lowest BCUT2D eigenvalue weighted by Gasteiger charge is -2.10. The fourth-order valence-corrected chi connectivity index (χ4v) is 3.11. The van der Waals surface area contributed by atoms with Crippen molar-refractivity contribution >= 4 is 43.7 Å². The first-order valence-corrected chi connectivity index (χ1v) is 6.57. The van der Waals surface area contributed by atoms with Gasteiger partial charge in [-0.05, 0) is 27.6 Å². The second-order valence-electron chi connectivity index (χ2n) is 5.11. The van der Waals surface area contributed by atoms with Crippen molar-refractivity contribution in [3.05, 3.63) is 68.8 Å². The van der Waals surface area contributed by atoms with Gasteiger partial charge in [-0.25, -0.2) is 0 Å². The van der Waals surface area contributed by atoms with E-state index in [9.17, 15) is 20.2 Å². The Morgan fingerprint density at radius 2 is 1.36 bits per heavy atom. The predicted molar refractivity (Wildman–Crippen MR) is 83.5 cm³/mol. The number of nitro groups is 2. The molecule has 0 spiro atoms. The van der Waals surface area contributed by atoms with E-state index in [0.29, 0.717) is 16.2 Å². The molecule has 22 heavy (non-hydrogen) atoms. The summed E-state index contributed by atoms with van der Waals surface area (Å²) >= 11 is 0. The van der Waals surface area contributed by atoms with Crippen molar-refractivity contribution in [1.29, 1.82) is 0 Å². The summed E-state index contributed by atoms with van der Waals surface area (Å²) in [6, 6.07) is 14.0. The molecule has 4 aromatic rings. The van der Waals surface area contributed by atoms with E-state index in [1.807, 2.05) is 24.3 Å². The van der Waals surface area contributed by atoms with Crippen LogP contribution in [0.25, 0.3) is 32.3 Å². The van der Waals surface area contributed by atoms with Crippen LogP contribution >= 0.6 is 0 Å². The van der Waals surface area contributed by atoms with Gasteiger partial charge >= 0.3 is 11.4 Å². The minimum Gasteiger partial charge on any atom is -0.258 e. The molecule has 0 aliphatic heterocycles. The highest BCUT2D eigenvalue weighted by atomic mass is 16.6. The SMILES string of the molecule is O=[N+]([O-])c1cc2ccc3cccc4ccc(c1[N+](=O)[O-])c2c34. The number of hydrogen-bond acceptors (Lipinski definition) is 4. The van der Waals surface area contributed by atoms with Crippen LogP contribution in [0.1, 0.15) is 0 Å². The Labute approximate surface area is 123 Å². The summed E-state index contributed by atoms with van der Waals surface area (Å²) < 4.78 is 0. The molecule has 0 atom stereocenters. The van der Waals surface area contributed by atoms with Gasteiger partial charge in [0.2, 0.25) is 0 Å². The zero-order valence-electron chi connectivity index (χ0n) is 11.1. The average Bonchev–Trinajstić information content (AvgIpc) is 2.51. The number of rotatable bonds is 2. The van der Waals surface area contributed by atoms with Gasteiger partial charge in [0.05, 0.1) is 15.2 Å². The molecule has 0 heterocycles. The topological polar surface area (TPSA) is 86.3 Å². The maximum Gasteiger partial charge on any atom is 0.353 e. The van der Waals surface area contributed by atoms with Gasteiger partial charge in [-0.15, -0.1) is 0 Å². The summed E-state index contributed by atoms with van der Waals surface area (Å²) in [5.41, 5.74) is -0.924. The molecule has 4 aromatic carbocycles. The molecule has 0 bridgehead atoms. The van der Waals surface area contributed by atoms with Crippen LogP contribution in [-0.4, -0.2) is 9.85 Å². The van der Waals surface area contributed by atoms with Crippen LogP contribution < -0.4 is 0 Å². The fraction of sp³-hybridized carbons (Fsp3) is 0. The van der Waals surface area contributed by atoms with Gasteiger partial charge in [0, 0.05) is 11.5 Å². The zero-order valence-corrected chi connectivity index (χ0v) is 11.1. The van der Waals surface area contributed by atoms with Crippen LogP contribution in [0, 0.1) is 20.2 Å². The predicted octanol–water partition coefficient (Wildman–Crippen LogP) is 4.40. The van der Waals surface area contributed by atoms with Gasteiger partial charge in [0.1, 0.15) is 0 Å². The molecule has 0 saturated heterocycles. The summed E-state index contributed by atoms with van der Waals surface area (Å²) in [6.07, 6.45) is 0. The smallest absolute Gasteiger partial charge is 0.258 e.